The predicted molar refractivity (Wildman–Crippen MR) is 199 cm³/mol. The molecule has 0 saturated heterocycles. The van der Waals surface area contributed by atoms with Crippen LogP contribution >= 0.6 is 0 Å². The van der Waals surface area contributed by atoms with Crippen LogP contribution in [0, 0.1) is 6.33 Å². The monoisotopic (exact) mass is 625 g/mol. The fourth-order valence-corrected chi connectivity index (χ4v) is 7.06. The number of nitrogens with zero attached hydrogens (tertiary/aromatic N) is 3. The van der Waals surface area contributed by atoms with Gasteiger partial charge in [0.15, 0.2) is 0 Å². The quantitative estimate of drug-likeness (QED) is 0.153. The second kappa shape index (κ2) is 10.8. The van der Waals surface area contributed by atoms with Crippen LogP contribution in [-0.2, 0) is 10.8 Å². The van der Waals surface area contributed by atoms with Crippen molar-refractivity contribution in [2.24, 2.45) is 0 Å². The van der Waals surface area contributed by atoms with Crippen molar-refractivity contribution in [1.82, 2.24) is 9.38 Å². The normalized spacial score (nSPS) is 12.5. The van der Waals surface area contributed by atoms with Gasteiger partial charge in [0.2, 0.25) is 0 Å². The van der Waals surface area contributed by atoms with Crippen molar-refractivity contribution in [2.45, 2.75) is 52.4 Å². The number of pyridine rings is 1. The molecule has 0 aliphatic carbocycles. The molecule has 0 unspecified atom stereocenters. The Hall–Kier alpha value is -5.48. The van der Waals surface area contributed by atoms with Gasteiger partial charge in [-0.05, 0) is 84.1 Å². The van der Waals surface area contributed by atoms with Gasteiger partial charge in [0.25, 0.3) is 6.33 Å². The highest BCUT2D eigenvalue weighted by molar-refractivity contribution is 6.20. The number of benzene rings is 5. The van der Waals surface area contributed by atoms with Crippen LogP contribution in [0.2, 0.25) is 0 Å². The van der Waals surface area contributed by atoms with Gasteiger partial charge in [0.05, 0.1) is 22.2 Å². The van der Waals surface area contributed by atoms with Crippen LogP contribution in [0.25, 0.3) is 65.8 Å². The number of phenolic OH excluding ortho intramolecular Hbond substituents is 1. The molecule has 0 radical (unpaired) electrons. The number of hydrogen-bond donors (Lipinski definition) is 1. The van der Waals surface area contributed by atoms with Crippen LogP contribution < -0.4 is 4.57 Å². The minimum atomic E-state index is -0.266. The smallest absolute Gasteiger partial charge is 0.270 e. The molecule has 0 atom stereocenters. The van der Waals surface area contributed by atoms with Crippen LogP contribution in [0.3, 0.4) is 0 Å². The van der Waals surface area contributed by atoms with Crippen molar-refractivity contribution in [2.75, 3.05) is 0 Å². The lowest BCUT2D eigenvalue weighted by Crippen LogP contribution is -2.31. The summed E-state index contributed by atoms with van der Waals surface area (Å²) in [5, 5.41) is 18.9. The first kappa shape index (κ1) is 29.9. The number of hydrogen-bond acceptors (Lipinski definition) is 2. The molecule has 1 N–H and O–H groups in total. The van der Waals surface area contributed by atoms with Crippen LogP contribution in [0.4, 0.5) is 0 Å². The summed E-state index contributed by atoms with van der Waals surface area (Å²) in [5.41, 5.74) is 7.33. The first-order valence-electron chi connectivity index (χ1n) is 16.6. The van der Waals surface area contributed by atoms with E-state index in [9.17, 15) is 5.11 Å². The molecule has 0 aliphatic rings. The molecule has 0 aliphatic heterocycles. The molecule has 5 aromatic carbocycles. The maximum absolute atomic E-state index is 12.1. The van der Waals surface area contributed by atoms with E-state index < -0.39 is 0 Å². The highest BCUT2D eigenvalue weighted by Crippen LogP contribution is 2.40. The summed E-state index contributed by atoms with van der Waals surface area (Å²) < 4.78 is 4.26. The first-order chi connectivity index (χ1) is 23.0. The number of para-hydroxylation sites is 1. The van der Waals surface area contributed by atoms with Crippen molar-refractivity contribution in [1.29, 1.82) is 0 Å². The van der Waals surface area contributed by atoms with E-state index in [1.54, 1.807) is 0 Å². The van der Waals surface area contributed by atoms with Crippen LogP contribution in [0.15, 0.2) is 121 Å². The van der Waals surface area contributed by atoms with Gasteiger partial charge in [-0.3, -0.25) is 14.0 Å². The summed E-state index contributed by atoms with van der Waals surface area (Å²) in [5.74, 6) is 0.279. The van der Waals surface area contributed by atoms with Crippen molar-refractivity contribution in [3.05, 3.63) is 139 Å². The van der Waals surface area contributed by atoms with Crippen molar-refractivity contribution >= 4 is 48.9 Å². The fraction of sp³-hybridized carbons (Fsp3) is 0.182. The Labute approximate surface area is 281 Å². The van der Waals surface area contributed by atoms with E-state index in [4.69, 9.17) is 4.98 Å². The fourth-order valence-electron chi connectivity index (χ4n) is 7.06. The molecule has 4 nitrogen and oxygen atoms in total. The molecular formula is C44H39N3O. The van der Waals surface area contributed by atoms with Crippen LogP contribution in [0.5, 0.6) is 5.75 Å². The van der Waals surface area contributed by atoms with Crippen molar-refractivity contribution in [3.8, 4) is 22.7 Å². The molecule has 0 spiro atoms. The molecule has 8 aromatic rings. The largest absolute Gasteiger partial charge is 0.511 e. The van der Waals surface area contributed by atoms with E-state index in [0.29, 0.717) is 0 Å². The van der Waals surface area contributed by atoms with E-state index in [1.807, 2.05) is 24.4 Å². The summed E-state index contributed by atoms with van der Waals surface area (Å²) in [4.78, 5) is 4.70. The van der Waals surface area contributed by atoms with Crippen molar-refractivity contribution in [3.63, 3.8) is 0 Å². The SMILES string of the molecule is CC(C)(C)c1cc(-[n+]2[c-]n3c4cc(-c5ccccn5)ccc4c4ccccc4c4ccccc4c4cccc2c43)c(O)c(C(C)(C)C)c1. The molecule has 8 rings (SSSR count). The number of rotatable bonds is 2. The summed E-state index contributed by atoms with van der Waals surface area (Å²) in [6, 6.07) is 40.7. The number of imidazole rings is 1. The number of aromatic hydroxyl groups is 1. The van der Waals surface area contributed by atoms with Gasteiger partial charge in [0.1, 0.15) is 11.4 Å². The van der Waals surface area contributed by atoms with E-state index in [1.165, 1.54) is 10.8 Å². The van der Waals surface area contributed by atoms with E-state index in [0.717, 1.165) is 66.2 Å². The molecule has 48 heavy (non-hydrogen) atoms. The Balaban J connectivity index is 1.65. The van der Waals surface area contributed by atoms with E-state index >= 15 is 0 Å². The lowest BCUT2D eigenvalue weighted by molar-refractivity contribution is -0.572. The van der Waals surface area contributed by atoms with Gasteiger partial charge in [-0.2, -0.15) is 0 Å². The second-order valence-electron chi connectivity index (χ2n) is 14.9. The summed E-state index contributed by atoms with van der Waals surface area (Å²) in [7, 11) is 0. The third kappa shape index (κ3) is 4.74. The molecular weight excluding hydrogens is 587 g/mol. The minimum absolute atomic E-state index is 0.125. The van der Waals surface area contributed by atoms with E-state index in [2.05, 4.69) is 154 Å². The highest BCUT2D eigenvalue weighted by atomic mass is 16.3. The molecule has 3 heterocycles. The molecule has 236 valence electrons. The first-order valence-corrected chi connectivity index (χ1v) is 16.6. The Kier molecular flexibility index (Phi) is 6.71. The van der Waals surface area contributed by atoms with Gasteiger partial charge >= 0.3 is 0 Å². The van der Waals surface area contributed by atoms with Gasteiger partial charge < -0.3 is 5.11 Å². The summed E-state index contributed by atoms with van der Waals surface area (Å²) in [6.45, 7) is 13.1. The molecule has 3 aromatic heterocycles. The lowest BCUT2D eigenvalue weighted by atomic mass is 9.79. The van der Waals surface area contributed by atoms with E-state index in [-0.39, 0.29) is 16.6 Å². The third-order valence-corrected chi connectivity index (χ3v) is 9.61. The highest BCUT2D eigenvalue weighted by Gasteiger charge is 2.27. The van der Waals surface area contributed by atoms with Gasteiger partial charge in [0, 0.05) is 6.20 Å². The Morgan fingerprint density at radius 1 is 0.625 bits per heavy atom. The molecule has 0 bridgehead atoms. The second-order valence-corrected chi connectivity index (χ2v) is 14.9. The zero-order chi connectivity index (χ0) is 33.4. The predicted octanol–water partition coefficient (Wildman–Crippen LogP) is 10.6. The molecule has 4 heteroatoms. The standard InChI is InChI=1S/C44H39N3O/c1-43(2,3)29-25-36(44(4,5)6)42(48)40(26-29)46-27-47-39-24-28(37-19-11-12-23-45-37)21-22-34(39)32-16-9-7-14-30(32)31-15-8-10-17-33(31)35-18-13-20-38(46)41(35)47/h7-26,48H,1-6H3. The van der Waals surface area contributed by atoms with Gasteiger partial charge in [-0.1, -0.05) is 133 Å². The maximum Gasteiger partial charge on any atom is 0.270 e. The zero-order valence-electron chi connectivity index (χ0n) is 28.3. The van der Waals surface area contributed by atoms with Crippen molar-refractivity contribution < 1.29 is 9.67 Å². The third-order valence-electron chi connectivity index (χ3n) is 9.61. The lowest BCUT2D eigenvalue weighted by Gasteiger charge is -2.27. The number of phenols is 1. The maximum atomic E-state index is 12.1. The average Bonchev–Trinajstić information content (AvgIpc) is 3.48. The van der Waals surface area contributed by atoms with Crippen LogP contribution in [-0.4, -0.2) is 14.5 Å². The number of fused-ring (bicyclic) bond motifs is 7. The van der Waals surface area contributed by atoms with Gasteiger partial charge in [-0.15, -0.1) is 0 Å². The summed E-state index contributed by atoms with van der Waals surface area (Å²) in [6.07, 6.45) is 5.63. The Morgan fingerprint density at radius 2 is 1.25 bits per heavy atom. The topological polar surface area (TPSA) is 41.4 Å². The molecule has 0 saturated carbocycles. The average molecular weight is 626 g/mol. The molecule has 0 fully saturated rings. The van der Waals surface area contributed by atoms with Crippen LogP contribution in [0.1, 0.15) is 52.7 Å². The minimum Gasteiger partial charge on any atom is -0.511 e. The molecule has 0 amide bonds. The zero-order valence-corrected chi connectivity index (χ0v) is 28.3. The summed E-state index contributed by atoms with van der Waals surface area (Å²) >= 11 is 0. The number of aromatic nitrogens is 3. The Morgan fingerprint density at radius 3 is 1.88 bits per heavy atom. The van der Waals surface area contributed by atoms with Gasteiger partial charge in [-0.25, -0.2) is 0 Å². The Bertz CT molecular complexity index is 2580.